The summed E-state index contributed by atoms with van der Waals surface area (Å²) in [4.78, 5) is 27.4. The summed E-state index contributed by atoms with van der Waals surface area (Å²) in [6, 6.07) is 4.76. The van der Waals surface area contributed by atoms with Gasteiger partial charge < -0.3 is 25.3 Å². The Balaban J connectivity index is 1.34. The second kappa shape index (κ2) is 9.27. The maximum absolute atomic E-state index is 14.9. The monoisotopic (exact) mass is 442 g/mol. The summed E-state index contributed by atoms with van der Waals surface area (Å²) >= 11 is 0. The lowest BCUT2D eigenvalue weighted by Crippen LogP contribution is -2.48. The third-order valence-corrected chi connectivity index (χ3v) is 5.18. The predicted molar refractivity (Wildman–Crippen MR) is 114 cm³/mol. The van der Waals surface area contributed by atoms with Crippen molar-refractivity contribution in [2.75, 3.05) is 18.0 Å². The molecule has 0 unspecified atom stereocenters. The number of aliphatic hydroxyl groups excluding tert-OH is 1. The molecule has 0 atom stereocenters. The molecule has 1 aliphatic heterocycles. The van der Waals surface area contributed by atoms with Crippen molar-refractivity contribution in [2.45, 2.75) is 38.1 Å². The van der Waals surface area contributed by atoms with Crippen molar-refractivity contribution in [3.05, 3.63) is 42.0 Å². The van der Waals surface area contributed by atoms with Gasteiger partial charge in [0.25, 0.3) is 0 Å². The number of anilines is 1. The van der Waals surface area contributed by atoms with Gasteiger partial charge in [0, 0.05) is 41.9 Å². The molecule has 0 amide bonds. The number of esters is 1. The van der Waals surface area contributed by atoms with Gasteiger partial charge in [-0.3, -0.25) is 10.2 Å². The Morgan fingerprint density at radius 3 is 2.69 bits per heavy atom. The number of amidine groups is 1. The zero-order valence-electron chi connectivity index (χ0n) is 17.2. The Hall–Kier alpha value is -3.60. The fraction of sp³-hybridized carbons (Fsp3) is 0.381. The number of oxime groups is 1. The number of nitrogens with one attached hydrogen (secondary N) is 1. The van der Waals surface area contributed by atoms with Crippen LogP contribution in [0.5, 0.6) is 0 Å². The topological polar surface area (TPSA) is 147 Å². The van der Waals surface area contributed by atoms with Crippen molar-refractivity contribution in [1.82, 2.24) is 9.97 Å². The Bertz CT molecular complexity index is 1030. The van der Waals surface area contributed by atoms with E-state index in [9.17, 15) is 14.3 Å². The van der Waals surface area contributed by atoms with Crippen molar-refractivity contribution in [3.8, 4) is 11.1 Å². The van der Waals surface area contributed by atoms with E-state index < -0.39 is 11.8 Å². The van der Waals surface area contributed by atoms with Gasteiger partial charge in [-0.1, -0.05) is 23.4 Å². The van der Waals surface area contributed by atoms with Crippen molar-refractivity contribution in [2.24, 2.45) is 10.9 Å². The van der Waals surface area contributed by atoms with E-state index in [1.807, 2.05) is 4.90 Å². The van der Waals surface area contributed by atoms with Crippen molar-refractivity contribution in [3.63, 3.8) is 0 Å². The van der Waals surface area contributed by atoms with E-state index in [-0.39, 0.29) is 36.6 Å². The Kier molecular flexibility index (Phi) is 6.26. The average Bonchev–Trinajstić information content (AvgIpc) is 2.70. The molecule has 0 radical (unpaired) electrons. The lowest BCUT2D eigenvalue weighted by molar-refractivity contribution is -0.143. The molecule has 2 fully saturated rings. The summed E-state index contributed by atoms with van der Waals surface area (Å²) in [6.45, 7) is 0.830. The van der Waals surface area contributed by atoms with Crippen LogP contribution in [0.1, 0.15) is 24.8 Å². The molecule has 0 bridgehead atoms. The molecule has 2 heterocycles. The maximum atomic E-state index is 14.9. The van der Waals surface area contributed by atoms with Crippen LogP contribution < -0.4 is 10.6 Å². The molecule has 1 saturated carbocycles. The molecule has 4 rings (SSSR count). The van der Waals surface area contributed by atoms with Crippen LogP contribution in [0.4, 0.5) is 10.3 Å². The van der Waals surface area contributed by atoms with Crippen LogP contribution in [0.25, 0.3) is 11.1 Å². The summed E-state index contributed by atoms with van der Waals surface area (Å²) in [7, 11) is 0. The van der Waals surface area contributed by atoms with E-state index in [1.54, 1.807) is 12.1 Å². The van der Waals surface area contributed by atoms with Gasteiger partial charge in [0.05, 0.1) is 24.9 Å². The zero-order chi connectivity index (χ0) is 22.7. The number of carbonyl (C=O) groups is 1. The van der Waals surface area contributed by atoms with Gasteiger partial charge in [-0.05, 0) is 0 Å². The van der Waals surface area contributed by atoms with E-state index >= 15 is 0 Å². The highest BCUT2D eigenvalue weighted by atomic mass is 19.1. The summed E-state index contributed by atoms with van der Waals surface area (Å²) in [6.07, 6.45) is 3.67. The molecule has 2 aliphatic rings. The molecule has 168 valence electrons. The molecule has 1 aromatic carbocycles. The first-order valence-electron chi connectivity index (χ1n) is 10.1. The number of halogens is 1. The van der Waals surface area contributed by atoms with Gasteiger partial charge >= 0.3 is 5.97 Å². The van der Waals surface area contributed by atoms with Crippen molar-refractivity contribution >= 4 is 23.5 Å². The SMILES string of the molecule is N=C(N)CC(=O)OCc1cccc(-c2cnc(N3CC(=NOC4CC(O)C4)C3)nc2)c1F. The molecule has 4 N–H and O–H groups in total. The normalized spacial score (nSPS) is 19.6. The molecule has 1 aliphatic carbocycles. The van der Waals surface area contributed by atoms with Crippen LogP contribution in [-0.2, 0) is 21.0 Å². The van der Waals surface area contributed by atoms with Gasteiger partial charge in [0.2, 0.25) is 5.95 Å². The number of benzene rings is 1. The number of rotatable bonds is 8. The minimum absolute atomic E-state index is 0.00889. The average molecular weight is 442 g/mol. The Labute approximate surface area is 183 Å². The molecule has 11 heteroatoms. The molecule has 32 heavy (non-hydrogen) atoms. The third-order valence-electron chi connectivity index (χ3n) is 5.18. The maximum Gasteiger partial charge on any atom is 0.313 e. The van der Waals surface area contributed by atoms with E-state index in [4.69, 9.17) is 20.7 Å². The minimum Gasteiger partial charge on any atom is -0.460 e. The molecule has 2 aromatic rings. The number of aliphatic hydroxyl groups is 1. The van der Waals surface area contributed by atoms with Gasteiger partial charge in [-0.25, -0.2) is 14.4 Å². The Morgan fingerprint density at radius 2 is 2.03 bits per heavy atom. The van der Waals surface area contributed by atoms with Gasteiger partial charge in [0.1, 0.15) is 30.8 Å². The van der Waals surface area contributed by atoms with Crippen LogP contribution in [0, 0.1) is 11.2 Å². The summed E-state index contributed by atoms with van der Waals surface area (Å²) < 4.78 is 19.9. The lowest BCUT2D eigenvalue weighted by atomic mass is 9.93. The molecule has 0 spiro atoms. The fourth-order valence-electron chi connectivity index (χ4n) is 3.27. The molecule has 1 saturated heterocycles. The Morgan fingerprint density at radius 1 is 1.31 bits per heavy atom. The van der Waals surface area contributed by atoms with E-state index in [0.717, 1.165) is 5.71 Å². The van der Waals surface area contributed by atoms with Crippen LogP contribution in [0.3, 0.4) is 0 Å². The number of hydrogen-bond acceptors (Lipinski definition) is 9. The molecular weight excluding hydrogens is 419 g/mol. The largest absolute Gasteiger partial charge is 0.460 e. The second-order valence-corrected chi connectivity index (χ2v) is 7.78. The third kappa shape index (κ3) is 4.99. The fourth-order valence-corrected chi connectivity index (χ4v) is 3.27. The highest BCUT2D eigenvalue weighted by Gasteiger charge is 2.30. The van der Waals surface area contributed by atoms with Crippen LogP contribution in [0.15, 0.2) is 35.7 Å². The number of carbonyl (C=O) groups excluding carboxylic acids is 1. The number of hydrogen-bond donors (Lipinski definition) is 3. The lowest BCUT2D eigenvalue weighted by Gasteiger charge is -2.34. The van der Waals surface area contributed by atoms with E-state index in [1.165, 1.54) is 18.5 Å². The van der Waals surface area contributed by atoms with Crippen molar-refractivity contribution in [1.29, 1.82) is 5.41 Å². The van der Waals surface area contributed by atoms with Crippen LogP contribution in [-0.4, -0.2) is 57.9 Å². The summed E-state index contributed by atoms with van der Waals surface area (Å²) in [5.74, 6) is -1.03. The second-order valence-electron chi connectivity index (χ2n) is 7.78. The quantitative estimate of drug-likeness (QED) is 0.240. The highest BCUT2D eigenvalue weighted by molar-refractivity contribution is 5.98. The molecule has 10 nitrogen and oxygen atoms in total. The molecular formula is C21H23FN6O4. The number of nitrogens with zero attached hydrogens (tertiary/aromatic N) is 4. The van der Waals surface area contributed by atoms with Gasteiger partial charge in [0.15, 0.2) is 0 Å². The number of aromatic nitrogens is 2. The first kappa shape index (κ1) is 21.6. The first-order valence-corrected chi connectivity index (χ1v) is 10.1. The highest BCUT2D eigenvalue weighted by Crippen LogP contribution is 2.26. The standard InChI is InChI=1S/C21H23FN6O4/c22-20-12(11-31-19(30)6-18(23)24)2-1-3-17(20)13-7-25-21(26-8-13)28-9-14(10-28)27-32-16-4-15(29)5-16/h1-3,7-8,15-16,29H,4-6,9-11H2,(H3,23,24). The number of nitrogens with two attached hydrogens (primary N) is 1. The zero-order valence-corrected chi connectivity index (χ0v) is 17.2. The predicted octanol–water partition coefficient (Wildman–Crippen LogP) is 1.37. The van der Waals surface area contributed by atoms with Gasteiger partial charge in [-0.2, -0.15) is 0 Å². The summed E-state index contributed by atoms with van der Waals surface area (Å²) in [5.41, 5.74) is 7.01. The van der Waals surface area contributed by atoms with Crippen molar-refractivity contribution < 1.29 is 23.9 Å². The smallest absolute Gasteiger partial charge is 0.313 e. The number of ether oxygens (including phenoxy) is 1. The minimum atomic E-state index is -0.692. The summed E-state index contributed by atoms with van der Waals surface area (Å²) in [5, 5.41) is 20.4. The van der Waals surface area contributed by atoms with E-state index in [0.29, 0.717) is 43.0 Å². The molecule has 1 aromatic heterocycles. The van der Waals surface area contributed by atoms with Gasteiger partial charge in [-0.15, -0.1) is 0 Å². The van der Waals surface area contributed by atoms with Crippen LogP contribution in [0.2, 0.25) is 0 Å². The first-order chi connectivity index (χ1) is 15.4. The van der Waals surface area contributed by atoms with Crippen LogP contribution >= 0.6 is 0 Å². The van der Waals surface area contributed by atoms with E-state index in [2.05, 4.69) is 15.1 Å².